The number of aryl methyl sites for hydroxylation is 1. The second-order valence-corrected chi connectivity index (χ2v) is 12.3. The van der Waals surface area contributed by atoms with Gasteiger partial charge in [-0.2, -0.15) is 9.97 Å². The van der Waals surface area contributed by atoms with Crippen molar-refractivity contribution in [3.63, 3.8) is 0 Å². The Morgan fingerprint density at radius 3 is 1.67 bits per heavy atom. The van der Waals surface area contributed by atoms with Crippen LogP contribution in [0, 0.1) is 29.6 Å². The summed E-state index contributed by atoms with van der Waals surface area (Å²) in [6.07, 6.45) is 0.569. The number of rotatable bonds is 4. The predicted molar refractivity (Wildman–Crippen MR) is 153 cm³/mol. The summed E-state index contributed by atoms with van der Waals surface area (Å²) in [5, 5.41) is 60.1. The molecule has 4 aromatic rings. The van der Waals surface area contributed by atoms with E-state index in [0.717, 1.165) is 0 Å². The monoisotopic (exact) mass is 618 g/mol. The van der Waals surface area contributed by atoms with E-state index in [1.54, 1.807) is 22.4 Å². The number of hydrogen-bond acceptors (Lipinski definition) is 14. The van der Waals surface area contributed by atoms with Gasteiger partial charge in [0.2, 0.25) is 5.28 Å². The van der Waals surface area contributed by atoms with Crippen molar-refractivity contribution in [3.05, 3.63) is 23.8 Å². The number of fused-ring (bicyclic) bond motifs is 4. The van der Waals surface area contributed by atoms with E-state index >= 15 is 0 Å². The van der Waals surface area contributed by atoms with Crippen molar-refractivity contribution in [1.82, 2.24) is 39.0 Å². The molecule has 0 aromatic carbocycles. The number of imidazole rings is 2. The number of hydrogen-bond donors (Lipinski definition) is 8. The van der Waals surface area contributed by atoms with E-state index in [-0.39, 0.29) is 49.6 Å². The Kier molecular flexibility index (Phi) is 6.85. The molecule has 4 heterocycles. The Morgan fingerprint density at radius 2 is 1.23 bits per heavy atom. The molecule has 0 saturated heterocycles. The lowest BCUT2D eigenvalue weighted by Gasteiger charge is -2.23. The SMILES string of the molecule is C.Cc1nc(N)c2ncn(C3C(O)C(O)C4(CO)CC34)c2n1.Nc1nc(Cl)nc2c1ncn2C1C(O)C(O)C2(CO)CC12. The van der Waals surface area contributed by atoms with E-state index in [2.05, 4.69) is 29.9 Å². The van der Waals surface area contributed by atoms with Crippen LogP contribution in [-0.2, 0) is 0 Å². The van der Waals surface area contributed by atoms with Crippen LogP contribution in [0.5, 0.6) is 0 Å². The molecule has 232 valence electrons. The number of nitrogens with zero attached hydrogens (tertiary/aromatic N) is 8. The lowest BCUT2D eigenvalue weighted by molar-refractivity contribution is -0.0301. The fourth-order valence-corrected chi connectivity index (χ4v) is 7.67. The van der Waals surface area contributed by atoms with Crippen molar-refractivity contribution >= 4 is 45.6 Å². The minimum absolute atomic E-state index is 0. The van der Waals surface area contributed by atoms with Crippen LogP contribution >= 0.6 is 11.6 Å². The van der Waals surface area contributed by atoms with Crippen molar-refractivity contribution in [3.8, 4) is 0 Å². The zero-order valence-corrected chi connectivity index (χ0v) is 23.2. The van der Waals surface area contributed by atoms with E-state index in [9.17, 15) is 30.6 Å². The standard InChI is InChI=1S/C13H17N5O3.C12H14ClN5O3.CH4/c1-5-16-11(14)7-12(17-5)18(4-15-7)8-6-2-13(6,3-19)10(21)9(8)20;13-11-16-9(14)5-10(17-11)18(3-15-5)6-4-1-12(4,2-19)8(21)7(6)20;/h4,6,8-10,19-21H,2-3H2,1H3,(H2,14,16,17);3-4,6-8,19-21H,1-2H2,(H2,14,16,17);1H4. The molecule has 10 atom stereocenters. The lowest BCUT2D eigenvalue weighted by Crippen LogP contribution is -2.35. The summed E-state index contributed by atoms with van der Waals surface area (Å²) >= 11 is 5.83. The van der Waals surface area contributed by atoms with Crippen LogP contribution in [0.15, 0.2) is 12.7 Å². The fraction of sp³-hybridized carbons (Fsp3) is 0.615. The Balaban J connectivity index is 0.000000150. The zero-order chi connectivity index (χ0) is 29.9. The average molecular weight is 619 g/mol. The second kappa shape index (κ2) is 9.88. The van der Waals surface area contributed by atoms with Crippen LogP contribution in [0.1, 0.15) is 38.2 Å². The number of halogens is 1. The van der Waals surface area contributed by atoms with Gasteiger partial charge >= 0.3 is 0 Å². The summed E-state index contributed by atoms with van der Waals surface area (Å²) in [6, 6.07) is -0.770. The quantitative estimate of drug-likeness (QED) is 0.127. The first kappa shape index (κ1) is 29.8. The molecule has 0 radical (unpaired) electrons. The molecule has 0 amide bonds. The van der Waals surface area contributed by atoms with E-state index in [1.165, 1.54) is 6.33 Å². The molecule has 4 saturated carbocycles. The Hall–Kier alpha value is -3.25. The first-order valence-corrected chi connectivity index (χ1v) is 13.9. The van der Waals surface area contributed by atoms with E-state index < -0.39 is 41.3 Å². The van der Waals surface area contributed by atoms with E-state index in [0.29, 0.717) is 46.8 Å². The molecule has 17 heteroatoms. The minimum atomic E-state index is -0.997. The Bertz CT molecular complexity index is 1590. The maximum atomic E-state index is 10.3. The third-order valence-corrected chi connectivity index (χ3v) is 10.1. The molecule has 0 bridgehead atoms. The van der Waals surface area contributed by atoms with Crippen LogP contribution in [0.2, 0.25) is 5.28 Å². The molecule has 0 spiro atoms. The normalized spacial score (nSPS) is 37.0. The molecule has 4 aliphatic carbocycles. The van der Waals surface area contributed by atoms with Gasteiger partial charge < -0.3 is 51.2 Å². The van der Waals surface area contributed by atoms with Gasteiger partial charge in [-0.05, 0) is 43.2 Å². The predicted octanol–water partition coefficient (Wildman–Crippen LogP) is -1.03. The van der Waals surface area contributed by atoms with Crippen molar-refractivity contribution < 1.29 is 30.6 Å². The second-order valence-electron chi connectivity index (χ2n) is 11.9. The molecule has 16 nitrogen and oxygen atoms in total. The van der Waals surface area contributed by atoms with Crippen LogP contribution in [0.4, 0.5) is 11.6 Å². The van der Waals surface area contributed by atoms with Crippen molar-refractivity contribution in [1.29, 1.82) is 0 Å². The van der Waals surface area contributed by atoms with Gasteiger partial charge in [0.15, 0.2) is 22.9 Å². The highest BCUT2D eigenvalue weighted by molar-refractivity contribution is 6.28. The molecule has 10 unspecified atom stereocenters. The number of aliphatic hydroxyl groups is 6. The first-order valence-electron chi connectivity index (χ1n) is 13.5. The largest absolute Gasteiger partial charge is 0.396 e. The fourth-order valence-electron chi connectivity index (χ4n) is 7.50. The summed E-state index contributed by atoms with van der Waals surface area (Å²) in [7, 11) is 0. The summed E-state index contributed by atoms with van der Waals surface area (Å²) in [6.45, 7) is 1.45. The number of nitrogens with two attached hydrogens (primary N) is 2. The number of nitrogen functional groups attached to an aromatic ring is 2. The van der Waals surface area contributed by atoms with E-state index in [4.69, 9.17) is 23.1 Å². The highest BCUT2D eigenvalue weighted by Gasteiger charge is 2.72. The maximum Gasteiger partial charge on any atom is 0.226 e. The molecule has 4 aromatic heterocycles. The van der Waals surface area contributed by atoms with Gasteiger partial charge in [0.1, 0.15) is 29.1 Å². The van der Waals surface area contributed by atoms with E-state index in [1.807, 2.05) is 0 Å². The molecular formula is C26H35ClN10O6. The van der Waals surface area contributed by atoms with Gasteiger partial charge in [0.25, 0.3) is 0 Å². The minimum Gasteiger partial charge on any atom is -0.396 e. The topological polar surface area (TPSA) is 261 Å². The lowest BCUT2D eigenvalue weighted by atomic mass is 10.0. The summed E-state index contributed by atoms with van der Waals surface area (Å²) in [4.78, 5) is 24.8. The molecule has 4 aliphatic rings. The van der Waals surface area contributed by atoms with Gasteiger partial charge in [0.05, 0.1) is 50.2 Å². The van der Waals surface area contributed by atoms with Gasteiger partial charge in [-0.3, -0.25) is 0 Å². The summed E-state index contributed by atoms with van der Waals surface area (Å²) in [5.74, 6) is 0.981. The molecule has 4 fully saturated rings. The highest BCUT2D eigenvalue weighted by Crippen LogP contribution is 2.68. The summed E-state index contributed by atoms with van der Waals surface area (Å²) < 4.78 is 3.42. The number of aromatic nitrogens is 8. The summed E-state index contributed by atoms with van der Waals surface area (Å²) in [5.41, 5.74) is 12.3. The smallest absolute Gasteiger partial charge is 0.226 e. The van der Waals surface area contributed by atoms with Crippen LogP contribution in [0.25, 0.3) is 22.3 Å². The third-order valence-electron chi connectivity index (χ3n) is 9.92. The third kappa shape index (κ3) is 3.97. The molecule has 0 aliphatic heterocycles. The molecule has 43 heavy (non-hydrogen) atoms. The Labute approximate surface area is 250 Å². The van der Waals surface area contributed by atoms with Crippen molar-refractivity contribution in [2.45, 2.75) is 63.7 Å². The molecule has 10 N–H and O–H groups in total. The van der Waals surface area contributed by atoms with Gasteiger partial charge in [-0.1, -0.05) is 7.43 Å². The maximum absolute atomic E-state index is 10.3. The highest BCUT2D eigenvalue weighted by atomic mass is 35.5. The van der Waals surface area contributed by atoms with Crippen molar-refractivity contribution in [2.24, 2.45) is 22.7 Å². The van der Waals surface area contributed by atoms with Crippen molar-refractivity contribution in [2.75, 3.05) is 24.7 Å². The van der Waals surface area contributed by atoms with Gasteiger partial charge in [-0.25, -0.2) is 19.9 Å². The van der Waals surface area contributed by atoms with Gasteiger partial charge in [-0.15, -0.1) is 0 Å². The first-order chi connectivity index (χ1) is 20.0. The average Bonchev–Trinajstić information content (AvgIpc) is 3.69. The van der Waals surface area contributed by atoms with Crippen LogP contribution in [-0.4, -0.2) is 107 Å². The zero-order valence-electron chi connectivity index (χ0n) is 22.4. The Morgan fingerprint density at radius 1 is 0.791 bits per heavy atom. The number of aliphatic hydroxyl groups excluding tert-OH is 6. The van der Waals surface area contributed by atoms with Crippen LogP contribution in [0.3, 0.4) is 0 Å². The van der Waals surface area contributed by atoms with Gasteiger partial charge in [0, 0.05) is 10.8 Å². The van der Waals surface area contributed by atoms with Crippen LogP contribution < -0.4 is 11.5 Å². The molecular weight excluding hydrogens is 584 g/mol. The molecule has 8 rings (SSSR count). The number of anilines is 2.